The van der Waals surface area contributed by atoms with Gasteiger partial charge in [-0.15, -0.1) is 0 Å². The summed E-state index contributed by atoms with van der Waals surface area (Å²) in [4.78, 5) is 35.2. The Bertz CT molecular complexity index is 864. The fraction of sp³-hybridized carbons (Fsp3) is 0.211. The zero-order valence-electron chi connectivity index (χ0n) is 14.2. The monoisotopic (exact) mass is 338 g/mol. The summed E-state index contributed by atoms with van der Waals surface area (Å²) in [6.07, 6.45) is 0. The summed E-state index contributed by atoms with van der Waals surface area (Å²) in [6, 6.07) is 11.6. The molecule has 0 radical (unpaired) electrons. The van der Waals surface area contributed by atoms with Crippen molar-refractivity contribution in [2.75, 3.05) is 5.32 Å². The van der Waals surface area contributed by atoms with Crippen LogP contribution in [-0.2, 0) is 4.79 Å². The molecule has 0 atom stereocenters. The molecule has 2 aromatic carbocycles. The summed E-state index contributed by atoms with van der Waals surface area (Å²) in [5.74, 6) is 0.111. The van der Waals surface area contributed by atoms with Gasteiger partial charge in [0.05, 0.1) is 11.1 Å². The Morgan fingerprint density at radius 3 is 2.16 bits per heavy atom. The number of amides is 3. The predicted molar refractivity (Wildman–Crippen MR) is 92.8 cm³/mol. The molecule has 1 aliphatic heterocycles. The van der Waals surface area contributed by atoms with Crippen LogP contribution in [0.4, 0.5) is 5.69 Å². The van der Waals surface area contributed by atoms with Crippen LogP contribution in [0.15, 0.2) is 42.5 Å². The second-order valence-electron chi connectivity index (χ2n) is 6.82. The van der Waals surface area contributed by atoms with Crippen molar-refractivity contribution in [2.24, 2.45) is 5.41 Å². The normalized spacial score (nSPS) is 13.2. The van der Waals surface area contributed by atoms with Crippen LogP contribution in [-0.4, -0.2) is 17.7 Å². The molecule has 2 aromatic rings. The lowest BCUT2D eigenvalue weighted by molar-refractivity contribution is -0.123. The van der Waals surface area contributed by atoms with Crippen LogP contribution in [0, 0.1) is 5.41 Å². The number of fused-ring (bicyclic) bond motifs is 1. The first-order valence-electron chi connectivity index (χ1n) is 7.83. The van der Waals surface area contributed by atoms with E-state index in [1.807, 2.05) is 20.8 Å². The molecule has 0 bridgehead atoms. The average molecular weight is 338 g/mol. The summed E-state index contributed by atoms with van der Waals surface area (Å²) in [6.45, 7) is 5.53. The topological polar surface area (TPSA) is 84.5 Å². The first-order chi connectivity index (χ1) is 11.7. The van der Waals surface area contributed by atoms with Crippen molar-refractivity contribution < 1.29 is 19.1 Å². The van der Waals surface area contributed by atoms with E-state index in [4.69, 9.17) is 4.74 Å². The van der Waals surface area contributed by atoms with E-state index in [0.717, 1.165) is 0 Å². The number of nitrogens with one attached hydrogen (secondary N) is 2. The second kappa shape index (κ2) is 6.05. The number of hydrogen-bond donors (Lipinski definition) is 2. The van der Waals surface area contributed by atoms with Crippen LogP contribution in [0.25, 0.3) is 0 Å². The number of ether oxygens (including phenoxy) is 1. The zero-order valence-corrected chi connectivity index (χ0v) is 14.2. The van der Waals surface area contributed by atoms with Crippen molar-refractivity contribution in [1.29, 1.82) is 0 Å². The van der Waals surface area contributed by atoms with Crippen LogP contribution in [0.3, 0.4) is 0 Å². The van der Waals surface area contributed by atoms with Crippen LogP contribution in [0.2, 0.25) is 0 Å². The molecule has 0 unspecified atom stereocenters. The molecule has 1 aliphatic rings. The molecule has 0 saturated heterocycles. The Labute approximate surface area is 145 Å². The van der Waals surface area contributed by atoms with Gasteiger partial charge in [0.15, 0.2) is 0 Å². The maximum Gasteiger partial charge on any atom is 0.259 e. The van der Waals surface area contributed by atoms with E-state index < -0.39 is 17.2 Å². The van der Waals surface area contributed by atoms with Gasteiger partial charge in [-0.2, -0.15) is 0 Å². The van der Waals surface area contributed by atoms with Gasteiger partial charge in [0, 0.05) is 11.1 Å². The molecule has 3 rings (SSSR count). The lowest BCUT2D eigenvalue weighted by atomic mass is 9.95. The van der Waals surface area contributed by atoms with Crippen molar-refractivity contribution in [3.8, 4) is 11.5 Å². The lowest BCUT2D eigenvalue weighted by Crippen LogP contribution is -2.27. The minimum atomic E-state index is -0.475. The van der Waals surface area contributed by atoms with E-state index in [0.29, 0.717) is 28.3 Å². The van der Waals surface area contributed by atoms with Crippen LogP contribution in [0.1, 0.15) is 41.5 Å². The molecule has 0 aromatic heterocycles. The van der Waals surface area contributed by atoms with Crippen LogP contribution in [0.5, 0.6) is 11.5 Å². The summed E-state index contributed by atoms with van der Waals surface area (Å²) < 4.78 is 5.71. The third kappa shape index (κ3) is 3.52. The van der Waals surface area contributed by atoms with Crippen LogP contribution < -0.4 is 15.4 Å². The summed E-state index contributed by atoms with van der Waals surface area (Å²) >= 11 is 0. The molecule has 0 spiro atoms. The van der Waals surface area contributed by atoms with E-state index in [9.17, 15) is 14.4 Å². The molecule has 1 heterocycles. The van der Waals surface area contributed by atoms with Gasteiger partial charge in [0.25, 0.3) is 11.8 Å². The molecule has 0 aliphatic carbocycles. The van der Waals surface area contributed by atoms with Crippen molar-refractivity contribution in [3.05, 3.63) is 53.6 Å². The van der Waals surface area contributed by atoms with Crippen LogP contribution >= 0.6 is 0 Å². The van der Waals surface area contributed by atoms with Crippen molar-refractivity contribution in [3.63, 3.8) is 0 Å². The quantitative estimate of drug-likeness (QED) is 0.841. The Kier molecular flexibility index (Phi) is 4.04. The Morgan fingerprint density at radius 2 is 1.52 bits per heavy atom. The van der Waals surface area contributed by atoms with Gasteiger partial charge in [-0.25, -0.2) is 0 Å². The van der Waals surface area contributed by atoms with Crippen molar-refractivity contribution in [2.45, 2.75) is 20.8 Å². The van der Waals surface area contributed by atoms with Gasteiger partial charge in [-0.3, -0.25) is 19.7 Å². The van der Waals surface area contributed by atoms with E-state index in [1.54, 1.807) is 36.4 Å². The highest BCUT2D eigenvalue weighted by molar-refractivity contribution is 6.21. The summed E-state index contributed by atoms with van der Waals surface area (Å²) in [5, 5.41) is 5.07. The highest BCUT2D eigenvalue weighted by Gasteiger charge is 2.27. The minimum absolute atomic E-state index is 0.0736. The number of carbonyl (C=O) groups is 3. The molecule has 128 valence electrons. The second-order valence-corrected chi connectivity index (χ2v) is 6.82. The number of anilines is 1. The largest absolute Gasteiger partial charge is 0.457 e. The minimum Gasteiger partial charge on any atom is -0.457 e. The Balaban J connectivity index is 1.72. The summed E-state index contributed by atoms with van der Waals surface area (Å²) in [5.41, 5.74) is 0.845. The lowest BCUT2D eigenvalue weighted by Gasteiger charge is -2.17. The summed E-state index contributed by atoms with van der Waals surface area (Å²) in [7, 11) is 0. The molecular formula is C19H18N2O4. The molecule has 3 amide bonds. The van der Waals surface area contributed by atoms with Gasteiger partial charge >= 0.3 is 0 Å². The first kappa shape index (κ1) is 16.7. The van der Waals surface area contributed by atoms with E-state index >= 15 is 0 Å². The fourth-order valence-electron chi connectivity index (χ4n) is 2.27. The average Bonchev–Trinajstić information content (AvgIpc) is 2.82. The number of rotatable bonds is 3. The van der Waals surface area contributed by atoms with Crippen molar-refractivity contribution >= 4 is 23.4 Å². The molecule has 25 heavy (non-hydrogen) atoms. The van der Waals surface area contributed by atoms with Gasteiger partial charge in [-0.05, 0) is 42.5 Å². The molecule has 0 fully saturated rings. The number of hydrogen-bond acceptors (Lipinski definition) is 4. The third-order valence-corrected chi connectivity index (χ3v) is 3.74. The first-order valence-corrected chi connectivity index (χ1v) is 7.83. The maximum absolute atomic E-state index is 12.0. The third-order valence-electron chi connectivity index (χ3n) is 3.74. The maximum atomic E-state index is 12.0. The van der Waals surface area contributed by atoms with Gasteiger partial charge in [0.2, 0.25) is 5.91 Å². The highest BCUT2D eigenvalue weighted by atomic mass is 16.5. The molecule has 6 heteroatoms. The van der Waals surface area contributed by atoms with Gasteiger partial charge in [-0.1, -0.05) is 20.8 Å². The fourth-order valence-corrected chi connectivity index (χ4v) is 2.27. The SMILES string of the molecule is CC(C)(C)C(=O)Nc1ccc(Oc2ccc3c(c2)C(=O)NC3=O)cc1. The van der Waals surface area contributed by atoms with E-state index in [-0.39, 0.29) is 5.91 Å². The number of carbonyl (C=O) groups excluding carboxylic acids is 3. The molecule has 0 saturated carbocycles. The highest BCUT2D eigenvalue weighted by Crippen LogP contribution is 2.27. The zero-order chi connectivity index (χ0) is 18.2. The number of imide groups is 1. The molecular weight excluding hydrogens is 320 g/mol. The van der Waals surface area contributed by atoms with Gasteiger partial charge < -0.3 is 10.1 Å². The van der Waals surface area contributed by atoms with Crippen molar-refractivity contribution in [1.82, 2.24) is 5.32 Å². The smallest absolute Gasteiger partial charge is 0.259 e. The predicted octanol–water partition coefficient (Wildman–Crippen LogP) is 3.35. The van der Waals surface area contributed by atoms with E-state index in [2.05, 4.69) is 10.6 Å². The molecule has 6 nitrogen and oxygen atoms in total. The van der Waals surface area contributed by atoms with Gasteiger partial charge in [0.1, 0.15) is 11.5 Å². The standard InChI is InChI=1S/C19H18N2O4/c1-19(2,3)18(24)20-11-4-6-12(7-5-11)25-13-8-9-14-15(10-13)17(23)21-16(14)22/h4-10H,1-3H3,(H,20,24)(H,21,22,23). The number of benzene rings is 2. The Hall–Kier alpha value is -3.15. The Morgan fingerprint density at radius 1 is 0.920 bits per heavy atom. The molecule has 2 N–H and O–H groups in total. The van der Waals surface area contributed by atoms with E-state index in [1.165, 1.54) is 6.07 Å².